The largest absolute Gasteiger partial charge is 0.396 e. The van der Waals surface area contributed by atoms with E-state index >= 15 is 0 Å². The Morgan fingerprint density at radius 1 is 1.36 bits per heavy atom. The van der Waals surface area contributed by atoms with E-state index in [-0.39, 0.29) is 24.2 Å². The predicted molar refractivity (Wildman–Crippen MR) is 83.6 cm³/mol. The summed E-state index contributed by atoms with van der Waals surface area (Å²) in [5.41, 5.74) is 2.13. The predicted octanol–water partition coefficient (Wildman–Crippen LogP) is 1.02. The van der Waals surface area contributed by atoms with Crippen molar-refractivity contribution >= 4 is 16.9 Å². The van der Waals surface area contributed by atoms with E-state index < -0.39 is 0 Å². The number of carbonyl (C=O) groups is 1. The first-order chi connectivity index (χ1) is 10.6. The quantitative estimate of drug-likeness (QED) is 0.791. The Hall–Kier alpha value is -2.08. The van der Waals surface area contributed by atoms with Crippen LogP contribution in [0.25, 0.3) is 11.0 Å². The van der Waals surface area contributed by atoms with Gasteiger partial charge in [0, 0.05) is 19.2 Å². The third kappa shape index (κ3) is 2.92. The summed E-state index contributed by atoms with van der Waals surface area (Å²) in [7, 11) is 0. The molecule has 1 fully saturated rings. The van der Waals surface area contributed by atoms with Crippen molar-refractivity contribution in [3.05, 3.63) is 34.2 Å². The first kappa shape index (κ1) is 14.8. The van der Waals surface area contributed by atoms with Gasteiger partial charge in [0.05, 0.1) is 17.5 Å². The van der Waals surface area contributed by atoms with Crippen molar-refractivity contribution in [3.63, 3.8) is 0 Å². The maximum atomic E-state index is 12.5. The molecule has 1 saturated heterocycles. The van der Waals surface area contributed by atoms with Crippen LogP contribution in [-0.4, -0.2) is 45.1 Å². The number of aromatic amines is 2. The minimum Gasteiger partial charge on any atom is -0.396 e. The summed E-state index contributed by atoms with van der Waals surface area (Å²) in [6.07, 6.45) is 2.04. The van der Waals surface area contributed by atoms with E-state index in [1.807, 2.05) is 30.0 Å². The van der Waals surface area contributed by atoms with Crippen LogP contribution in [-0.2, 0) is 11.2 Å². The molecular formula is C16H21N3O3. The molecule has 6 nitrogen and oxygen atoms in total. The summed E-state index contributed by atoms with van der Waals surface area (Å²) >= 11 is 0. The molecule has 1 aromatic carbocycles. The number of H-pyrrole nitrogens is 2. The maximum Gasteiger partial charge on any atom is 0.323 e. The van der Waals surface area contributed by atoms with Gasteiger partial charge >= 0.3 is 5.69 Å². The van der Waals surface area contributed by atoms with Crippen molar-refractivity contribution in [3.8, 4) is 0 Å². The molecule has 0 radical (unpaired) electrons. The smallest absolute Gasteiger partial charge is 0.323 e. The average Bonchev–Trinajstić information content (AvgIpc) is 2.86. The van der Waals surface area contributed by atoms with E-state index in [1.165, 1.54) is 0 Å². The number of carbonyl (C=O) groups excluding carboxylic acids is 1. The van der Waals surface area contributed by atoms with Crippen LogP contribution in [0, 0.1) is 5.92 Å². The van der Waals surface area contributed by atoms with E-state index in [2.05, 4.69) is 9.97 Å². The third-order valence-electron chi connectivity index (χ3n) is 4.50. The van der Waals surface area contributed by atoms with Crippen LogP contribution in [0.3, 0.4) is 0 Å². The molecule has 1 amide bonds. The number of hydrogen-bond acceptors (Lipinski definition) is 3. The molecule has 1 aliphatic rings. The first-order valence-electron chi connectivity index (χ1n) is 7.68. The maximum absolute atomic E-state index is 12.5. The van der Waals surface area contributed by atoms with E-state index in [1.54, 1.807) is 0 Å². The van der Waals surface area contributed by atoms with Crippen molar-refractivity contribution in [2.24, 2.45) is 5.92 Å². The number of aliphatic hydroxyl groups is 1. The van der Waals surface area contributed by atoms with E-state index in [4.69, 9.17) is 0 Å². The van der Waals surface area contributed by atoms with Crippen molar-refractivity contribution in [1.29, 1.82) is 0 Å². The number of piperidine rings is 1. The normalized spacial score (nSPS) is 22.2. The van der Waals surface area contributed by atoms with E-state index in [9.17, 15) is 14.7 Å². The lowest BCUT2D eigenvalue weighted by Gasteiger charge is -2.37. The van der Waals surface area contributed by atoms with Gasteiger partial charge in [-0.3, -0.25) is 4.79 Å². The molecule has 22 heavy (non-hydrogen) atoms. The minimum atomic E-state index is -0.238. The van der Waals surface area contributed by atoms with Crippen molar-refractivity contribution in [1.82, 2.24) is 14.9 Å². The minimum absolute atomic E-state index is 0.0983. The van der Waals surface area contributed by atoms with Gasteiger partial charge in [0.1, 0.15) is 0 Å². The summed E-state index contributed by atoms with van der Waals surface area (Å²) in [5, 5.41) is 9.24. The van der Waals surface area contributed by atoms with Crippen LogP contribution in [0.5, 0.6) is 0 Å². The molecule has 2 atom stereocenters. The van der Waals surface area contributed by atoms with Gasteiger partial charge in [0.25, 0.3) is 0 Å². The van der Waals surface area contributed by atoms with Crippen molar-refractivity contribution < 1.29 is 9.90 Å². The number of amides is 1. The van der Waals surface area contributed by atoms with Crippen LogP contribution in [0.2, 0.25) is 0 Å². The van der Waals surface area contributed by atoms with Crippen LogP contribution in [0.15, 0.2) is 23.0 Å². The molecule has 3 rings (SSSR count). The molecule has 118 valence electrons. The zero-order valence-electron chi connectivity index (χ0n) is 12.6. The monoisotopic (exact) mass is 303 g/mol. The average molecular weight is 303 g/mol. The molecule has 3 N–H and O–H groups in total. The Kier molecular flexibility index (Phi) is 4.02. The number of nitrogens with zero attached hydrogens (tertiary/aromatic N) is 1. The number of imidazole rings is 1. The summed E-state index contributed by atoms with van der Waals surface area (Å²) in [5.74, 6) is 0.404. The Balaban J connectivity index is 1.71. The third-order valence-corrected chi connectivity index (χ3v) is 4.50. The van der Waals surface area contributed by atoms with Crippen molar-refractivity contribution in [2.45, 2.75) is 32.2 Å². The second kappa shape index (κ2) is 5.96. The van der Waals surface area contributed by atoms with Gasteiger partial charge in [-0.1, -0.05) is 6.07 Å². The van der Waals surface area contributed by atoms with Gasteiger partial charge in [0.15, 0.2) is 0 Å². The van der Waals surface area contributed by atoms with Gasteiger partial charge in [-0.05, 0) is 43.4 Å². The summed E-state index contributed by atoms with van der Waals surface area (Å²) in [4.78, 5) is 31.1. The number of likely N-dealkylation sites (tertiary alicyclic amines) is 1. The molecule has 0 bridgehead atoms. The molecular weight excluding hydrogens is 282 g/mol. The van der Waals surface area contributed by atoms with Gasteiger partial charge in [0.2, 0.25) is 5.91 Å². The van der Waals surface area contributed by atoms with Crippen LogP contribution < -0.4 is 5.69 Å². The highest BCUT2D eigenvalue weighted by atomic mass is 16.3. The molecule has 0 unspecified atom stereocenters. The van der Waals surface area contributed by atoms with Gasteiger partial charge in [-0.15, -0.1) is 0 Å². The number of nitrogens with one attached hydrogen (secondary N) is 2. The fourth-order valence-electron chi connectivity index (χ4n) is 3.27. The molecule has 2 heterocycles. The zero-order valence-corrected chi connectivity index (χ0v) is 12.6. The standard InChI is InChI=1S/C16H21N3O3/c1-10-6-12(9-20)4-5-19(10)15(21)8-11-2-3-13-14(7-11)18-16(22)17-13/h2-3,7,10,12,20H,4-6,8-9H2,1H3,(H2,17,18,22)/t10-,12-/m0/s1. The lowest BCUT2D eigenvalue weighted by Crippen LogP contribution is -2.45. The molecule has 0 spiro atoms. The van der Waals surface area contributed by atoms with Crippen LogP contribution in [0.4, 0.5) is 0 Å². The van der Waals surface area contributed by atoms with Crippen LogP contribution >= 0.6 is 0 Å². The molecule has 0 saturated carbocycles. The summed E-state index contributed by atoms with van der Waals surface area (Å²) in [6, 6.07) is 5.69. The summed E-state index contributed by atoms with van der Waals surface area (Å²) in [6.45, 7) is 2.94. The zero-order chi connectivity index (χ0) is 15.7. The van der Waals surface area contributed by atoms with Gasteiger partial charge in [-0.25, -0.2) is 4.79 Å². The number of fused-ring (bicyclic) bond motifs is 1. The van der Waals surface area contributed by atoms with Gasteiger partial charge in [-0.2, -0.15) is 0 Å². The lowest BCUT2D eigenvalue weighted by atomic mass is 9.92. The molecule has 0 aliphatic carbocycles. The first-order valence-corrected chi connectivity index (χ1v) is 7.68. The number of benzene rings is 1. The molecule has 1 aliphatic heterocycles. The second-order valence-electron chi connectivity index (χ2n) is 6.14. The summed E-state index contributed by atoms with van der Waals surface area (Å²) < 4.78 is 0. The number of hydrogen-bond donors (Lipinski definition) is 3. The Morgan fingerprint density at radius 2 is 2.14 bits per heavy atom. The fourth-order valence-corrected chi connectivity index (χ4v) is 3.27. The van der Waals surface area contributed by atoms with Crippen molar-refractivity contribution in [2.75, 3.05) is 13.2 Å². The van der Waals surface area contributed by atoms with Gasteiger partial charge < -0.3 is 20.0 Å². The highest BCUT2D eigenvalue weighted by molar-refractivity contribution is 5.81. The Bertz CT molecular complexity index is 734. The fraction of sp³-hybridized carbons (Fsp3) is 0.500. The number of aliphatic hydroxyl groups excluding tert-OH is 1. The SMILES string of the molecule is C[C@H]1C[C@@H](CO)CCN1C(=O)Cc1ccc2[nH]c(=O)[nH]c2c1. The van der Waals surface area contributed by atoms with E-state index in [0.717, 1.165) is 29.4 Å². The highest BCUT2D eigenvalue weighted by Crippen LogP contribution is 2.23. The molecule has 2 aromatic rings. The lowest BCUT2D eigenvalue weighted by molar-refractivity contribution is -0.134. The topological polar surface area (TPSA) is 89.2 Å². The number of aromatic nitrogens is 2. The highest BCUT2D eigenvalue weighted by Gasteiger charge is 2.28. The van der Waals surface area contributed by atoms with E-state index in [0.29, 0.717) is 18.9 Å². The second-order valence-corrected chi connectivity index (χ2v) is 6.14. The Labute approximate surface area is 128 Å². The molecule has 6 heteroatoms. The van der Waals surface area contributed by atoms with Crippen LogP contribution in [0.1, 0.15) is 25.3 Å². The Morgan fingerprint density at radius 3 is 2.86 bits per heavy atom. The number of rotatable bonds is 3. The molecule has 1 aromatic heterocycles.